The Morgan fingerprint density at radius 2 is 1.80 bits per heavy atom. The molecule has 0 aliphatic heterocycles. The van der Waals surface area contributed by atoms with Crippen LogP contribution in [0, 0.1) is 0 Å². The Hall–Kier alpha value is -1.35. The zero-order valence-corrected chi connectivity index (χ0v) is 12.7. The summed E-state index contributed by atoms with van der Waals surface area (Å²) in [6, 6.07) is 9.77. The number of benzene rings is 1. The van der Waals surface area contributed by atoms with Crippen molar-refractivity contribution in [2.45, 2.75) is 50.9 Å². The Morgan fingerprint density at radius 3 is 2.35 bits per heavy atom. The second-order valence-corrected chi connectivity index (χ2v) is 5.31. The molecule has 1 atom stereocenters. The zero-order valence-electron chi connectivity index (χ0n) is 12.7. The molecule has 0 heterocycles. The lowest BCUT2D eigenvalue weighted by Gasteiger charge is -2.30. The van der Waals surface area contributed by atoms with E-state index in [1.165, 1.54) is 26.4 Å². The predicted molar refractivity (Wildman–Crippen MR) is 82.6 cm³/mol. The zero-order chi connectivity index (χ0) is 14.8. The van der Waals surface area contributed by atoms with E-state index < -0.39 is 5.41 Å². The number of hydrogen-bond acceptors (Lipinski definition) is 3. The number of methoxy groups -OCH3 is 1. The molecule has 0 amide bonds. The standard InChI is InChI=1S/C17H27NO2/c1-3-4-5-6-10-13-17(14-18,16(19)20-2)15-11-8-7-9-12-15/h7-9,11-12H,3-6,10,13-14,18H2,1-2H3. The fraction of sp³-hybridized carbons (Fsp3) is 0.588. The fourth-order valence-electron chi connectivity index (χ4n) is 2.65. The molecule has 0 radical (unpaired) electrons. The van der Waals surface area contributed by atoms with Crippen LogP contribution in [-0.2, 0) is 14.9 Å². The molecular formula is C17H27NO2. The summed E-state index contributed by atoms with van der Waals surface area (Å²) in [7, 11) is 1.44. The van der Waals surface area contributed by atoms with Gasteiger partial charge in [0.1, 0.15) is 5.41 Å². The first-order valence-corrected chi connectivity index (χ1v) is 7.55. The van der Waals surface area contributed by atoms with E-state index >= 15 is 0 Å². The van der Waals surface area contributed by atoms with Crippen LogP contribution >= 0.6 is 0 Å². The summed E-state index contributed by atoms with van der Waals surface area (Å²) in [6.07, 6.45) is 6.58. The summed E-state index contributed by atoms with van der Waals surface area (Å²) in [5, 5.41) is 0. The maximum Gasteiger partial charge on any atom is 0.317 e. The van der Waals surface area contributed by atoms with E-state index in [0.29, 0.717) is 0 Å². The Morgan fingerprint density at radius 1 is 1.15 bits per heavy atom. The molecule has 3 nitrogen and oxygen atoms in total. The summed E-state index contributed by atoms with van der Waals surface area (Å²) in [5.41, 5.74) is 6.23. The van der Waals surface area contributed by atoms with Crippen LogP contribution in [0.4, 0.5) is 0 Å². The molecule has 0 spiro atoms. The number of rotatable bonds is 9. The molecule has 1 aromatic rings. The van der Waals surface area contributed by atoms with Gasteiger partial charge in [-0.1, -0.05) is 69.4 Å². The highest BCUT2D eigenvalue weighted by molar-refractivity contribution is 5.83. The Bertz CT molecular complexity index is 391. The number of esters is 1. The van der Waals surface area contributed by atoms with E-state index in [2.05, 4.69) is 6.92 Å². The van der Waals surface area contributed by atoms with Crippen LogP contribution < -0.4 is 5.73 Å². The third kappa shape index (κ3) is 4.07. The topological polar surface area (TPSA) is 52.3 Å². The van der Waals surface area contributed by atoms with Gasteiger partial charge in [-0.05, 0) is 12.0 Å². The van der Waals surface area contributed by atoms with Gasteiger partial charge in [0.2, 0.25) is 0 Å². The van der Waals surface area contributed by atoms with Gasteiger partial charge in [0.25, 0.3) is 0 Å². The van der Waals surface area contributed by atoms with Gasteiger partial charge in [0.05, 0.1) is 7.11 Å². The molecule has 0 fully saturated rings. The normalized spacial score (nSPS) is 13.8. The number of hydrogen-bond donors (Lipinski definition) is 1. The lowest BCUT2D eigenvalue weighted by Crippen LogP contribution is -2.43. The maximum absolute atomic E-state index is 12.3. The van der Waals surface area contributed by atoms with Crippen LogP contribution in [0.5, 0.6) is 0 Å². The molecular weight excluding hydrogens is 250 g/mol. The van der Waals surface area contributed by atoms with Gasteiger partial charge >= 0.3 is 5.97 Å². The van der Waals surface area contributed by atoms with Crippen molar-refractivity contribution in [1.29, 1.82) is 0 Å². The molecule has 3 heteroatoms. The lowest BCUT2D eigenvalue weighted by molar-refractivity contribution is -0.147. The number of carbonyl (C=O) groups is 1. The number of unbranched alkanes of at least 4 members (excludes halogenated alkanes) is 4. The summed E-state index contributed by atoms with van der Waals surface area (Å²) in [4.78, 5) is 12.3. The van der Waals surface area contributed by atoms with Gasteiger partial charge in [0.15, 0.2) is 0 Å². The number of carbonyl (C=O) groups excluding carboxylic acids is 1. The van der Waals surface area contributed by atoms with Gasteiger partial charge in [-0.3, -0.25) is 4.79 Å². The van der Waals surface area contributed by atoms with Gasteiger partial charge < -0.3 is 10.5 Å². The lowest BCUT2D eigenvalue weighted by atomic mass is 9.76. The van der Waals surface area contributed by atoms with Crippen LogP contribution in [0.3, 0.4) is 0 Å². The van der Waals surface area contributed by atoms with Crippen molar-refractivity contribution in [1.82, 2.24) is 0 Å². The van der Waals surface area contributed by atoms with Crippen molar-refractivity contribution in [3.8, 4) is 0 Å². The Balaban J connectivity index is 2.82. The van der Waals surface area contributed by atoms with E-state index in [1.54, 1.807) is 0 Å². The van der Waals surface area contributed by atoms with Crippen LogP contribution in [0.1, 0.15) is 51.0 Å². The minimum atomic E-state index is -0.692. The monoisotopic (exact) mass is 277 g/mol. The largest absolute Gasteiger partial charge is 0.468 e. The SMILES string of the molecule is CCCCCCCC(CN)(C(=O)OC)c1ccccc1. The van der Waals surface area contributed by atoms with Crippen molar-refractivity contribution in [2.75, 3.05) is 13.7 Å². The van der Waals surface area contributed by atoms with E-state index in [1.807, 2.05) is 30.3 Å². The first-order chi connectivity index (χ1) is 9.71. The van der Waals surface area contributed by atoms with Crippen molar-refractivity contribution < 1.29 is 9.53 Å². The second-order valence-electron chi connectivity index (χ2n) is 5.31. The number of nitrogens with two attached hydrogens (primary N) is 1. The molecule has 0 bridgehead atoms. The highest BCUT2D eigenvalue weighted by Crippen LogP contribution is 2.31. The fourth-order valence-corrected chi connectivity index (χ4v) is 2.65. The van der Waals surface area contributed by atoms with E-state index in [-0.39, 0.29) is 12.5 Å². The minimum absolute atomic E-state index is 0.221. The third-order valence-electron chi connectivity index (χ3n) is 3.96. The second kappa shape index (κ2) is 8.75. The molecule has 0 aliphatic rings. The van der Waals surface area contributed by atoms with Gasteiger partial charge in [-0.2, -0.15) is 0 Å². The molecule has 112 valence electrons. The van der Waals surface area contributed by atoms with Crippen LogP contribution in [-0.4, -0.2) is 19.6 Å². The van der Waals surface area contributed by atoms with Crippen LogP contribution in [0.15, 0.2) is 30.3 Å². The number of ether oxygens (including phenoxy) is 1. The van der Waals surface area contributed by atoms with Crippen LogP contribution in [0.25, 0.3) is 0 Å². The predicted octanol–water partition coefficient (Wildman–Crippen LogP) is 3.42. The smallest absolute Gasteiger partial charge is 0.317 e. The van der Waals surface area contributed by atoms with Gasteiger partial charge in [-0.25, -0.2) is 0 Å². The molecule has 20 heavy (non-hydrogen) atoms. The van der Waals surface area contributed by atoms with Gasteiger partial charge in [0, 0.05) is 6.54 Å². The summed E-state index contributed by atoms with van der Waals surface area (Å²) < 4.78 is 5.02. The van der Waals surface area contributed by atoms with Crippen molar-refractivity contribution >= 4 is 5.97 Å². The molecule has 1 aromatic carbocycles. The summed E-state index contributed by atoms with van der Waals surface area (Å²) in [5.74, 6) is -0.221. The molecule has 0 aliphatic carbocycles. The van der Waals surface area contributed by atoms with Crippen molar-refractivity contribution in [3.05, 3.63) is 35.9 Å². The average molecular weight is 277 g/mol. The quantitative estimate of drug-likeness (QED) is 0.556. The minimum Gasteiger partial charge on any atom is -0.468 e. The molecule has 1 rings (SSSR count). The first-order valence-electron chi connectivity index (χ1n) is 7.55. The maximum atomic E-state index is 12.3. The van der Waals surface area contributed by atoms with E-state index in [0.717, 1.165) is 24.8 Å². The van der Waals surface area contributed by atoms with Gasteiger partial charge in [-0.15, -0.1) is 0 Å². The van der Waals surface area contributed by atoms with Crippen LogP contribution in [0.2, 0.25) is 0 Å². The van der Waals surface area contributed by atoms with Crippen molar-refractivity contribution in [3.63, 3.8) is 0 Å². The third-order valence-corrected chi connectivity index (χ3v) is 3.96. The summed E-state index contributed by atoms with van der Waals surface area (Å²) >= 11 is 0. The van der Waals surface area contributed by atoms with E-state index in [9.17, 15) is 4.79 Å². The molecule has 1 unspecified atom stereocenters. The van der Waals surface area contributed by atoms with Crippen molar-refractivity contribution in [2.24, 2.45) is 5.73 Å². The molecule has 0 saturated heterocycles. The Kier molecular flexibility index (Phi) is 7.31. The average Bonchev–Trinajstić information content (AvgIpc) is 2.51. The summed E-state index contributed by atoms with van der Waals surface area (Å²) in [6.45, 7) is 2.49. The molecule has 0 saturated carbocycles. The Labute approximate surface area is 122 Å². The molecule has 0 aromatic heterocycles. The highest BCUT2D eigenvalue weighted by atomic mass is 16.5. The highest BCUT2D eigenvalue weighted by Gasteiger charge is 2.39. The van der Waals surface area contributed by atoms with E-state index in [4.69, 9.17) is 10.5 Å². The first kappa shape index (κ1) is 16.7. The molecule has 2 N–H and O–H groups in total.